The van der Waals surface area contributed by atoms with Gasteiger partial charge in [-0.25, -0.2) is 0 Å². The van der Waals surface area contributed by atoms with Crippen LogP contribution in [-0.4, -0.2) is 18.2 Å². The van der Waals surface area contributed by atoms with Crippen LogP contribution in [0.5, 0.6) is 0 Å². The second-order valence-corrected chi connectivity index (χ2v) is 4.78. The Morgan fingerprint density at radius 2 is 2.06 bits per heavy atom. The highest BCUT2D eigenvalue weighted by Crippen LogP contribution is 2.18. The molecule has 0 spiro atoms. The lowest BCUT2D eigenvalue weighted by atomic mass is 10.3. The number of hydrogen-bond acceptors (Lipinski definition) is 2. The molecule has 0 bridgehead atoms. The Labute approximate surface area is 102 Å². The maximum Gasteiger partial charge on any atom is 0.220 e. The van der Waals surface area contributed by atoms with Gasteiger partial charge in [0.1, 0.15) is 0 Å². The average molecular weight is 237 g/mol. The van der Waals surface area contributed by atoms with Crippen LogP contribution in [0.2, 0.25) is 0 Å². The van der Waals surface area contributed by atoms with Crippen molar-refractivity contribution in [3.63, 3.8) is 0 Å². The lowest BCUT2D eigenvalue weighted by Gasteiger charge is -2.03. The molecule has 0 aliphatic carbocycles. The number of amides is 1. The monoisotopic (exact) mass is 237 g/mol. The summed E-state index contributed by atoms with van der Waals surface area (Å²) in [5.74, 6) is 1.18. The van der Waals surface area contributed by atoms with Gasteiger partial charge in [0.25, 0.3) is 0 Å². The lowest BCUT2D eigenvalue weighted by Crippen LogP contribution is -2.23. The molecule has 0 atom stereocenters. The zero-order chi connectivity index (χ0) is 11.6. The quantitative estimate of drug-likeness (QED) is 0.583. The minimum Gasteiger partial charge on any atom is -0.356 e. The predicted octanol–water partition coefficient (Wildman–Crippen LogP) is 3.09. The second kappa shape index (κ2) is 8.22. The van der Waals surface area contributed by atoms with Crippen molar-refractivity contribution < 1.29 is 4.79 Å². The van der Waals surface area contributed by atoms with Crippen molar-refractivity contribution >= 4 is 17.7 Å². The van der Waals surface area contributed by atoms with Crippen molar-refractivity contribution in [1.29, 1.82) is 0 Å². The first kappa shape index (κ1) is 13.1. The van der Waals surface area contributed by atoms with E-state index in [1.54, 1.807) is 11.8 Å². The fourth-order valence-corrected chi connectivity index (χ4v) is 2.17. The molecule has 0 heterocycles. The Hall–Kier alpha value is -0.960. The van der Waals surface area contributed by atoms with Crippen LogP contribution in [0.1, 0.15) is 26.2 Å². The summed E-state index contributed by atoms with van der Waals surface area (Å²) >= 11 is 1.81. The molecule has 1 N–H and O–H groups in total. The molecule has 1 rings (SSSR count). The minimum atomic E-state index is 0.176. The number of thioether (sulfide) groups is 1. The van der Waals surface area contributed by atoms with E-state index in [1.807, 2.05) is 18.2 Å². The van der Waals surface area contributed by atoms with Gasteiger partial charge in [0.2, 0.25) is 5.91 Å². The minimum absolute atomic E-state index is 0.176. The number of carbonyl (C=O) groups excluding carboxylic acids is 1. The van der Waals surface area contributed by atoms with Crippen LogP contribution in [-0.2, 0) is 4.79 Å². The highest BCUT2D eigenvalue weighted by molar-refractivity contribution is 7.99. The standard InChI is InChI=1S/C13H19NOS/c1-2-10-14-13(15)9-6-11-16-12-7-4-3-5-8-12/h3-5,7-8H,2,6,9-11H2,1H3,(H,14,15). The van der Waals surface area contributed by atoms with Crippen molar-refractivity contribution in [2.45, 2.75) is 31.1 Å². The first-order chi connectivity index (χ1) is 7.83. The van der Waals surface area contributed by atoms with E-state index in [0.29, 0.717) is 6.42 Å². The molecule has 0 saturated heterocycles. The molecule has 0 aliphatic heterocycles. The molecule has 0 saturated carbocycles. The summed E-state index contributed by atoms with van der Waals surface area (Å²) in [5.41, 5.74) is 0. The summed E-state index contributed by atoms with van der Waals surface area (Å²) in [5, 5.41) is 2.88. The van der Waals surface area contributed by atoms with E-state index in [9.17, 15) is 4.79 Å². The van der Waals surface area contributed by atoms with Crippen LogP contribution in [0.25, 0.3) is 0 Å². The third-order valence-corrected chi connectivity index (χ3v) is 3.23. The normalized spacial score (nSPS) is 10.1. The van der Waals surface area contributed by atoms with Gasteiger partial charge in [-0.2, -0.15) is 0 Å². The SMILES string of the molecule is CCCNC(=O)CCCSc1ccccc1. The van der Waals surface area contributed by atoms with Gasteiger partial charge >= 0.3 is 0 Å². The molecule has 2 nitrogen and oxygen atoms in total. The zero-order valence-electron chi connectivity index (χ0n) is 9.74. The smallest absolute Gasteiger partial charge is 0.220 e. The molecule has 1 amide bonds. The molecular formula is C13H19NOS. The van der Waals surface area contributed by atoms with E-state index in [-0.39, 0.29) is 5.91 Å². The number of rotatable bonds is 7. The van der Waals surface area contributed by atoms with Crippen LogP contribution < -0.4 is 5.32 Å². The largest absolute Gasteiger partial charge is 0.356 e. The third-order valence-electron chi connectivity index (χ3n) is 2.13. The first-order valence-electron chi connectivity index (χ1n) is 5.77. The van der Waals surface area contributed by atoms with Crippen LogP contribution in [0.15, 0.2) is 35.2 Å². The molecule has 1 aromatic rings. The Bertz CT molecular complexity index is 300. The maximum atomic E-state index is 11.3. The van der Waals surface area contributed by atoms with E-state index in [0.717, 1.165) is 25.1 Å². The molecule has 0 unspecified atom stereocenters. The summed E-state index contributed by atoms with van der Waals surface area (Å²) < 4.78 is 0. The van der Waals surface area contributed by atoms with Gasteiger partial charge in [0, 0.05) is 17.9 Å². The van der Waals surface area contributed by atoms with Crippen molar-refractivity contribution in [2.75, 3.05) is 12.3 Å². The Morgan fingerprint density at radius 3 is 2.75 bits per heavy atom. The van der Waals surface area contributed by atoms with Gasteiger partial charge in [-0.15, -0.1) is 11.8 Å². The van der Waals surface area contributed by atoms with Gasteiger partial charge < -0.3 is 5.32 Å². The number of carbonyl (C=O) groups is 1. The molecular weight excluding hydrogens is 218 g/mol. The fourth-order valence-electron chi connectivity index (χ4n) is 1.29. The van der Waals surface area contributed by atoms with E-state index in [1.165, 1.54) is 4.90 Å². The van der Waals surface area contributed by atoms with Gasteiger partial charge in [0.15, 0.2) is 0 Å². The molecule has 0 radical (unpaired) electrons. The van der Waals surface area contributed by atoms with E-state index < -0.39 is 0 Å². The van der Waals surface area contributed by atoms with Crippen molar-refractivity contribution in [1.82, 2.24) is 5.32 Å². The Morgan fingerprint density at radius 1 is 1.31 bits per heavy atom. The predicted molar refractivity (Wildman–Crippen MR) is 69.7 cm³/mol. The van der Waals surface area contributed by atoms with Crippen molar-refractivity contribution in [2.24, 2.45) is 0 Å². The topological polar surface area (TPSA) is 29.1 Å². The average Bonchev–Trinajstić information content (AvgIpc) is 2.33. The summed E-state index contributed by atoms with van der Waals surface area (Å²) in [6, 6.07) is 10.3. The lowest BCUT2D eigenvalue weighted by molar-refractivity contribution is -0.121. The maximum absolute atomic E-state index is 11.3. The number of benzene rings is 1. The molecule has 3 heteroatoms. The van der Waals surface area contributed by atoms with Crippen LogP contribution in [0.3, 0.4) is 0 Å². The van der Waals surface area contributed by atoms with Gasteiger partial charge in [-0.3, -0.25) is 4.79 Å². The first-order valence-corrected chi connectivity index (χ1v) is 6.76. The summed E-state index contributed by atoms with van der Waals surface area (Å²) in [6.07, 6.45) is 2.58. The van der Waals surface area contributed by atoms with Gasteiger partial charge in [-0.1, -0.05) is 25.1 Å². The van der Waals surface area contributed by atoms with E-state index >= 15 is 0 Å². The number of nitrogens with one attached hydrogen (secondary N) is 1. The molecule has 88 valence electrons. The molecule has 0 aromatic heterocycles. The highest BCUT2D eigenvalue weighted by atomic mass is 32.2. The summed E-state index contributed by atoms with van der Waals surface area (Å²) in [7, 11) is 0. The zero-order valence-corrected chi connectivity index (χ0v) is 10.6. The van der Waals surface area contributed by atoms with E-state index in [4.69, 9.17) is 0 Å². The second-order valence-electron chi connectivity index (χ2n) is 3.62. The fraction of sp³-hybridized carbons (Fsp3) is 0.462. The van der Waals surface area contributed by atoms with Crippen LogP contribution >= 0.6 is 11.8 Å². The molecule has 16 heavy (non-hydrogen) atoms. The van der Waals surface area contributed by atoms with E-state index in [2.05, 4.69) is 24.4 Å². The van der Waals surface area contributed by atoms with Crippen molar-refractivity contribution in [3.05, 3.63) is 30.3 Å². The Balaban J connectivity index is 2.06. The molecule has 0 aliphatic rings. The number of hydrogen-bond donors (Lipinski definition) is 1. The molecule has 1 aromatic carbocycles. The summed E-state index contributed by atoms with van der Waals surface area (Å²) in [4.78, 5) is 12.6. The van der Waals surface area contributed by atoms with Gasteiger partial charge in [-0.05, 0) is 30.7 Å². The third kappa shape index (κ3) is 5.81. The van der Waals surface area contributed by atoms with Gasteiger partial charge in [0.05, 0.1) is 0 Å². The van der Waals surface area contributed by atoms with Crippen molar-refractivity contribution in [3.8, 4) is 0 Å². The van der Waals surface area contributed by atoms with Crippen LogP contribution in [0.4, 0.5) is 0 Å². The molecule has 0 fully saturated rings. The highest BCUT2D eigenvalue weighted by Gasteiger charge is 1.99. The summed E-state index contributed by atoms with van der Waals surface area (Å²) in [6.45, 7) is 2.86. The van der Waals surface area contributed by atoms with Crippen LogP contribution in [0, 0.1) is 0 Å². The Kier molecular flexibility index (Phi) is 6.74.